The molecule has 2 heterocycles. The van der Waals surface area contributed by atoms with E-state index >= 15 is 0 Å². The van der Waals surface area contributed by atoms with Gasteiger partial charge in [-0.2, -0.15) is 13.2 Å². The summed E-state index contributed by atoms with van der Waals surface area (Å²) in [6.45, 7) is 0.0513. The summed E-state index contributed by atoms with van der Waals surface area (Å²) < 4.78 is 43.8. The highest BCUT2D eigenvalue weighted by molar-refractivity contribution is 6.05. The topological polar surface area (TPSA) is 76.6 Å². The smallest absolute Gasteiger partial charge is 0.395 e. The zero-order valence-electron chi connectivity index (χ0n) is 11.5. The van der Waals surface area contributed by atoms with Gasteiger partial charge in [0.2, 0.25) is 0 Å². The third-order valence-corrected chi connectivity index (χ3v) is 3.56. The van der Waals surface area contributed by atoms with Gasteiger partial charge in [-0.1, -0.05) is 6.07 Å². The predicted octanol–water partition coefficient (Wildman–Crippen LogP) is 3.41. The molecule has 0 N–H and O–H groups in total. The van der Waals surface area contributed by atoms with Gasteiger partial charge in [0.05, 0.1) is 11.6 Å². The summed E-state index contributed by atoms with van der Waals surface area (Å²) in [5.41, 5.74) is -0.603. The van der Waals surface area contributed by atoms with Crippen LogP contribution in [-0.4, -0.2) is 17.4 Å². The Morgan fingerprint density at radius 2 is 2.00 bits per heavy atom. The highest BCUT2D eigenvalue weighted by Crippen LogP contribution is 2.40. The number of furan rings is 1. The zero-order chi connectivity index (χ0) is 16.8. The van der Waals surface area contributed by atoms with Crippen molar-refractivity contribution in [3.05, 3.63) is 57.3 Å². The molecule has 0 radical (unpaired) electrons. The number of nitrogens with zero attached hydrogens (tertiary/aromatic N) is 2. The molecule has 0 saturated carbocycles. The van der Waals surface area contributed by atoms with Crippen molar-refractivity contribution in [1.29, 1.82) is 0 Å². The average molecular weight is 326 g/mol. The van der Waals surface area contributed by atoms with Crippen LogP contribution in [-0.2, 0) is 12.6 Å². The van der Waals surface area contributed by atoms with Gasteiger partial charge in [0.15, 0.2) is 5.76 Å². The normalized spacial score (nSPS) is 14.0. The van der Waals surface area contributed by atoms with Crippen LogP contribution in [0.4, 0.5) is 24.7 Å². The lowest BCUT2D eigenvalue weighted by Crippen LogP contribution is -2.28. The molecule has 0 atom stereocenters. The van der Waals surface area contributed by atoms with Crippen LogP contribution < -0.4 is 4.90 Å². The molecule has 23 heavy (non-hydrogen) atoms. The molecule has 1 aromatic heterocycles. The van der Waals surface area contributed by atoms with Crippen molar-refractivity contribution in [3.8, 4) is 0 Å². The van der Waals surface area contributed by atoms with Crippen LogP contribution in [0.3, 0.4) is 0 Å². The van der Waals surface area contributed by atoms with Gasteiger partial charge in [-0.15, -0.1) is 0 Å². The maximum atomic E-state index is 13.0. The Morgan fingerprint density at radius 1 is 1.26 bits per heavy atom. The Hall–Kier alpha value is -2.84. The van der Waals surface area contributed by atoms with Gasteiger partial charge in [0, 0.05) is 12.2 Å². The third kappa shape index (κ3) is 2.54. The summed E-state index contributed by atoms with van der Waals surface area (Å²) in [5.74, 6) is -1.60. The summed E-state index contributed by atoms with van der Waals surface area (Å²) >= 11 is 0. The van der Waals surface area contributed by atoms with E-state index in [4.69, 9.17) is 4.42 Å². The van der Waals surface area contributed by atoms with E-state index in [1.807, 2.05) is 0 Å². The van der Waals surface area contributed by atoms with E-state index in [2.05, 4.69) is 0 Å². The number of nitro groups is 1. The molecule has 0 spiro atoms. The SMILES string of the molecule is O=C(c1ccc([N+](=O)[O-])o1)N1CCc2c1cccc2C(F)(F)F. The second-order valence-electron chi connectivity index (χ2n) is 4.90. The van der Waals surface area contributed by atoms with Gasteiger partial charge < -0.3 is 9.32 Å². The van der Waals surface area contributed by atoms with E-state index in [-0.39, 0.29) is 30.0 Å². The molecular formula is C14H9F3N2O4. The minimum Gasteiger partial charge on any atom is -0.395 e. The Labute approximate surface area is 127 Å². The number of hydrogen-bond acceptors (Lipinski definition) is 4. The Kier molecular flexibility index (Phi) is 3.35. The lowest BCUT2D eigenvalue weighted by Gasteiger charge is -2.17. The third-order valence-electron chi connectivity index (χ3n) is 3.56. The van der Waals surface area contributed by atoms with Crippen molar-refractivity contribution < 1.29 is 27.3 Å². The molecule has 0 aliphatic carbocycles. The lowest BCUT2D eigenvalue weighted by molar-refractivity contribution is -0.402. The van der Waals surface area contributed by atoms with Crippen LogP contribution >= 0.6 is 0 Å². The van der Waals surface area contributed by atoms with Crippen molar-refractivity contribution in [2.45, 2.75) is 12.6 Å². The molecule has 6 nitrogen and oxygen atoms in total. The Morgan fingerprint density at radius 3 is 2.61 bits per heavy atom. The number of carbonyl (C=O) groups excluding carboxylic acids is 1. The van der Waals surface area contributed by atoms with Crippen molar-refractivity contribution in [3.63, 3.8) is 0 Å². The monoisotopic (exact) mass is 326 g/mol. The van der Waals surface area contributed by atoms with Crippen molar-refractivity contribution >= 4 is 17.5 Å². The molecule has 2 aromatic rings. The number of carbonyl (C=O) groups is 1. The van der Waals surface area contributed by atoms with Crippen molar-refractivity contribution in [2.24, 2.45) is 0 Å². The lowest BCUT2D eigenvalue weighted by atomic mass is 10.0. The van der Waals surface area contributed by atoms with Crippen LogP contribution in [0.2, 0.25) is 0 Å². The van der Waals surface area contributed by atoms with Gasteiger partial charge in [-0.3, -0.25) is 14.9 Å². The minimum atomic E-state index is -4.51. The fraction of sp³-hybridized carbons (Fsp3) is 0.214. The first-order valence-corrected chi connectivity index (χ1v) is 6.54. The molecule has 0 unspecified atom stereocenters. The Balaban J connectivity index is 1.96. The minimum absolute atomic E-state index is 0.0365. The molecular weight excluding hydrogens is 317 g/mol. The summed E-state index contributed by atoms with van der Waals surface area (Å²) in [6, 6.07) is 5.75. The summed E-state index contributed by atoms with van der Waals surface area (Å²) in [7, 11) is 0. The number of amides is 1. The van der Waals surface area contributed by atoms with Crippen molar-refractivity contribution in [2.75, 3.05) is 11.4 Å². The second kappa shape index (κ2) is 5.11. The molecule has 1 aliphatic heterocycles. The van der Waals surface area contributed by atoms with E-state index < -0.39 is 28.5 Å². The number of benzene rings is 1. The second-order valence-corrected chi connectivity index (χ2v) is 4.90. The standard InChI is InChI=1S/C14H9F3N2O4/c15-14(16,17)9-2-1-3-10-8(9)6-7-18(10)13(20)11-4-5-12(23-11)19(21)22/h1-5H,6-7H2. The first-order chi connectivity index (χ1) is 10.8. The first-order valence-electron chi connectivity index (χ1n) is 6.54. The van der Waals surface area contributed by atoms with E-state index in [1.54, 1.807) is 0 Å². The van der Waals surface area contributed by atoms with Crippen LogP contribution in [0.5, 0.6) is 0 Å². The molecule has 0 bridgehead atoms. The predicted molar refractivity (Wildman–Crippen MR) is 72.2 cm³/mol. The number of halogens is 3. The van der Waals surface area contributed by atoms with Gasteiger partial charge in [-0.25, -0.2) is 0 Å². The van der Waals surface area contributed by atoms with Crippen LogP contribution in [0, 0.1) is 10.1 Å². The quantitative estimate of drug-likeness (QED) is 0.626. The van der Waals surface area contributed by atoms with E-state index in [0.717, 1.165) is 23.1 Å². The molecule has 1 aliphatic rings. The van der Waals surface area contributed by atoms with Gasteiger partial charge in [0.1, 0.15) is 4.92 Å². The first kappa shape index (κ1) is 15.1. The number of rotatable bonds is 2. The molecule has 0 fully saturated rings. The van der Waals surface area contributed by atoms with E-state index in [9.17, 15) is 28.1 Å². The van der Waals surface area contributed by atoms with E-state index in [0.29, 0.717) is 0 Å². The number of alkyl halides is 3. The fourth-order valence-electron chi connectivity index (χ4n) is 2.58. The van der Waals surface area contributed by atoms with Gasteiger partial charge in [-0.05, 0) is 30.2 Å². The zero-order valence-corrected chi connectivity index (χ0v) is 11.5. The summed E-state index contributed by atoms with van der Waals surface area (Å²) in [6.07, 6.45) is -4.45. The molecule has 120 valence electrons. The maximum Gasteiger partial charge on any atom is 0.433 e. The summed E-state index contributed by atoms with van der Waals surface area (Å²) in [4.78, 5) is 23.2. The molecule has 0 saturated heterocycles. The number of fused-ring (bicyclic) bond motifs is 1. The van der Waals surface area contributed by atoms with Crippen LogP contribution in [0.15, 0.2) is 34.7 Å². The Bertz CT molecular complexity index is 798. The largest absolute Gasteiger partial charge is 0.433 e. The summed E-state index contributed by atoms with van der Waals surface area (Å²) in [5, 5.41) is 10.6. The average Bonchev–Trinajstić information content (AvgIpc) is 3.12. The van der Waals surface area contributed by atoms with Crippen molar-refractivity contribution in [1.82, 2.24) is 0 Å². The highest BCUT2D eigenvalue weighted by Gasteiger charge is 2.38. The van der Waals surface area contributed by atoms with Crippen LogP contribution in [0.1, 0.15) is 21.7 Å². The number of anilines is 1. The highest BCUT2D eigenvalue weighted by atomic mass is 19.4. The molecule has 1 aromatic carbocycles. The maximum absolute atomic E-state index is 13.0. The van der Waals surface area contributed by atoms with Gasteiger partial charge >= 0.3 is 12.1 Å². The molecule has 1 amide bonds. The van der Waals surface area contributed by atoms with Crippen LogP contribution in [0.25, 0.3) is 0 Å². The molecule has 3 rings (SSSR count). The number of hydrogen-bond donors (Lipinski definition) is 0. The van der Waals surface area contributed by atoms with E-state index in [1.165, 1.54) is 12.1 Å². The fourth-order valence-corrected chi connectivity index (χ4v) is 2.58. The van der Waals surface area contributed by atoms with Gasteiger partial charge in [0.25, 0.3) is 5.91 Å². The molecule has 9 heteroatoms.